The van der Waals surface area contributed by atoms with Crippen LogP contribution in [0.2, 0.25) is 0 Å². The van der Waals surface area contributed by atoms with Crippen LogP contribution in [0.25, 0.3) is 11.3 Å². The van der Waals surface area contributed by atoms with Gasteiger partial charge in [0.15, 0.2) is 5.82 Å². The average molecular weight is 540 g/mol. The molecule has 1 unspecified atom stereocenters. The van der Waals surface area contributed by atoms with Gasteiger partial charge in [-0.1, -0.05) is 17.9 Å². The maximum absolute atomic E-state index is 13.5. The fourth-order valence-corrected chi connectivity index (χ4v) is 4.52. The molecule has 2 atom stereocenters. The lowest BCUT2D eigenvalue weighted by Crippen LogP contribution is -2.48. The Hall–Kier alpha value is -4.38. The number of pyridine rings is 2. The number of amides is 2. The number of ether oxygens (including phenoxy) is 1. The van der Waals surface area contributed by atoms with Gasteiger partial charge in [-0.3, -0.25) is 4.90 Å². The van der Waals surface area contributed by atoms with E-state index in [-0.39, 0.29) is 11.9 Å². The second-order valence-electron chi connectivity index (χ2n) is 9.01. The third-order valence-corrected chi connectivity index (χ3v) is 6.37. The van der Waals surface area contributed by atoms with Gasteiger partial charge in [0.2, 0.25) is 5.88 Å². The number of rotatable bonds is 6. The highest BCUT2D eigenvalue weighted by Crippen LogP contribution is 2.41. The fourth-order valence-electron chi connectivity index (χ4n) is 4.52. The van der Waals surface area contributed by atoms with E-state index in [4.69, 9.17) is 9.84 Å². The number of aliphatic hydroxyl groups is 2. The molecule has 2 aromatic heterocycles. The molecule has 1 saturated heterocycles. The molecular formula is C27H24F3N5O4. The molecule has 0 saturated carbocycles. The quantitative estimate of drug-likeness (QED) is 0.318. The van der Waals surface area contributed by atoms with Crippen LogP contribution in [0.1, 0.15) is 12.0 Å². The number of nitrogens with zero attached hydrogens (tertiary/aromatic N) is 4. The van der Waals surface area contributed by atoms with Gasteiger partial charge in [-0.25, -0.2) is 14.8 Å². The minimum absolute atomic E-state index is 0.156. The van der Waals surface area contributed by atoms with E-state index < -0.39 is 30.5 Å². The van der Waals surface area contributed by atoms with Crippen LogP contribution < -0.4 is 19.9 Å². The van der Waals surface area contributed by atoms with E-state index in [0.717, 1.165) is 30.6 Å². The molecule has 2 bridgehead atoms. The number of carbonyl (C=O) groups excluding carboxylic acids is 1. The third-order valence-electron chi connectivity index (χ3n) is 6.37. The first-order valence-corrected chi connectivity index (χ1v) is 12.1. The number of nitrogens with one attached hydrogen (secondary N) is 1. The number of alkyl halides is 3. The Morgan fingerprint density at radius 3 is 2.90 bits per heavy atom. The first-order valence-electron chi connectivity index (χ1n) is 12.1. The molecule has 0 aliphatic carbocycles. The number of urea groups is 1. The van der Waals surface area contributed by atoms with Crippen molar-refractivity contribution in [1.82, 2.24) is 9.97 Å². The van der Waals surface area contributed by atoms with Crippen molar-refractivity contribution in [3.05, 3.63) is 78.4 Å². The summed E-state index contributed by atoms with van der Waals surface area (Å²) in [4.78, 5) is 25.9. The minimum Gasteiger partial charge on any atom is -0.438 e. The highest BCUT2D eigenvalue weighted by atomic mass is 19.4. The lowest BCUT2D eigenvalue weighted by Gasteiger charge is -2.36. The molecule has 2 aliphatic rings. The van der Waals surface area contributed by atoms with Crippen molar-refractivity contribution < 1.29 is 32.9 Å². The van der Waals surface area contributed by atoms with E-state index in [2.05, 4.69) is 25.9 Å². The molecule has 4 heterocycles. The van der Waals surface area contributed by atoms with Crippen molar-refractivity contribution in [2.24, 2.45) is 0 Å². The molecule has 5 rings (SSSR count). The molecule has 1 fully saturated rings. The van der Waals surface area contributed by atoms with Crippen LogP contribution in [0.3, 0.4) is 0 Å². The Labute approximate surface area is 221 Å². The van der Waals surface area contributed by atoms with Crippen molar-refractivity contribution in [3.63, 3.8) is 0 Å². The predicted molar refractivity (Wildman–Crippen MR) is 137 cm³/mol. The van der Waals surface area contributed by atoms with E-state index in [9.17, 15) is 23.1 Å². The summed E-state index contributed by atoms with van der Waals surface area (Å²) in [6, 6.07) is 10.9. The van der Waals surface area contributed by atoms with Crippen LogP contribution in [0.5, 0.6) is 5.88 Å². The van der Waals surface area contributed by atoms with Crippen molar-refractivity contribution >= 4 is 23.2 Å². The van der Waals surface area contributed by atoms with E-state index >= 15 is 0 Å². The summed E-state index contributed by atoms with van der Waals surface area (Å²) < 4.78 is 45.2. The lowest BCUT2D eigenvalue weighted by molar-refractivity contribution is -0.137. The van der Waals surface area contributed by atoms with Gasteiger partial charge in [-0.05, 0) is 42.8 Å². The zero-order valence-electron chi connectivity index (χ0n) is 20.5. The van der Waals surface area contributed by atoms with Crippen LogP contribution in [0.15, 0.2) is 72.8 Å². The van der Waals surface area contributed by atoms with Crippen molar-refractivity contribution in [2.45, 2.75) is 24.7 Å². The van der Waals surface area contributed by atoms with Crippen molar-refractivity contribution in [2.75, 3.05) is 34.8 Å². The molecular weight excluding hydrogens is 515 g/mol. The maximum Gasteiger partial charge on any atom is 0.416 e. The molecule has 39 heavy (non-hydrogen) atoms. The molecule has 0 radical (unpaired) electrons. The summed E-state index contributed by atoms with van der Waals surface area (Å²) in [5.74, 6) is 0.528. The number of aromatic nitrogens is 2. The van der Waals surface area contributed by atoms with Gasteiger partial charge in [0, 0.05) is 36.6 Å². The van der Waals surface area contributed by atoms with E-state index in [1.54, 1.807) is 29.2 Å². The molecule has 1 aromatic carbocycles. The zero-order chi connectivity index (χ0) is 27.6. The Morgan fingerprint density at radius 2 is 2.10 bits per heavy atom. The number of hydrogen-bond acceptors (Lipinski definition) is 7. The van der Waals surface area contributed by atoms with E-state index in [1.165, 1.54) is 24.4 Å². The summed E-state index contributed by atoms with van der Waals surface area (Å²) in [5, 5.41) is 20.9. The third kappa shape index (κ3) is 5.73. The maximum atomic E-state index is 13.5. The van der Waals surface area contributed by atoms with Crippen LogP contribution in [-0.2, 0) is 6.18 Å². The molecule has 9 nitrogen and oxygen atoms in total. The molecule has 2 aliphatic heterocycles. The predicted octanol–water partition coefficient (Wildman–Crippen LogP) is 4.19. The number of anilines is 3. The fraction of sp³-hybridized carbons (Fsp3) is 0.259. The summed E-state index contributed by atoms with van der Waals surface area (Å²) in [5.41, 5.74) is 3.54. The normalized spacial score (nSPS) is 16.7. The van der Waals surface area contributed by atoms with E-state index in [1.807, 2.05) is 0 Å². The number of fused-ring (bicyclic) bond motifs is 4. The Balaban J connectivity index is 1.40. The highest BCUT2D eigenvalue weighted by Gasteiger charge is 2.40. The van der Waals surface area contributed by atoms with Crippen LogP contribution >= 0.6 is 0 Å². The van der Waals surface area contributed by atoms with Crippen LogP contribution in [0.4, 0.5) is 35.2 Å². The van der Waals surface area contributed by atoms with Gasteiger partial charge >= 0.3 is 12.2 Å². The van der Waals surface area contributed by atoms with Crippen molar-refractivity contribution in [3.8, 4) is 17.1 Å². The summed E-state index contributed by atoms with van der Waals surface area (Å²) in [6.07, 6.45) is -1.03. The SMILES string of the molecule is O=C(Nc1ccnc(OC=C=CC(O)CO)c1)N1c2nc(-c3cccc(C(F)(F)F)c3)ccc2N2CC[C@H]1C2. The second-order valence-corrected chi connectivity index (χ2v) is 9.01. The summed E-state index contributed by atoms with van der Waals surface area (Å²) in [7, 11) is 0. The topological polar surface area (TPSA) is 111 Å². The largest absolute Gasteiger partial charge is 0.438 e. The van der Waals surface area contributed by atoms with E-state index in [0.29, 0.717) is 35.7 Å². The number of halogens is 3. The smallest absolute Gasteiger partial charge is 0.416 e. The van der Waals surface area contributed by atoms with Gasteiger partial charge in [0.05, 0.1) is 29.6 Å². The first-order chi connectivity index (χ1) is 18.7. The number of carbonyl (C=O) groups is 1. The Kier molecular flexibility index (Phi) is 7.25. The number of aliphatic hydroxyl groups excluding tert-OH is 2. The Bertz CT molecular complexity index is 1440. The van der Waals surface area contributed by atoms with Gasteiger partial charge in [0.25, 0.3) is 0 Å². The van der Waals surface area contributed by atoms with Crippen molar-refractivity contribution in [1.29, 1.82) is 0 Å². The summed E-state index contributed by atoms with van der Waals surface area (Å²) in [6.45, 7) is 0.895. The average Bonchev–Trinajstić information content (AvgIpc) is 3.34. The molecule has 0 spiro atoms. The second kappa shape index (κ2) is 10.8. The lowest BCUT2D eigenvalue weighted by atomic mass is 10.1. The number of benzene rings is 1. The molecule has 3 aromatic rings. The van der Waals surface area contributed by atoms with Gasteiger partial charge in [0.1, 0.15) is 12.4 Å². The standard InChI is InChI=1S/C27H24F3N5O4/c28-27(29,30)18-4-1-3-17(13-18)22-6-7-23-25(33-22)35(20-9-11-34(23)15-20)26(38)32-19-8-10-31-24(14-19)39-12-2-5-21(37)16-36/h1,3-8,10,12-14,20-21,36-37H,9,11,15-16H2,(H,31,32,38)/t2?,20-,21?/m0/s1. The van der Waals surface area contributed by atoms with Crippen LogP contribution in [-0.4, -0.2) is 58.1 Å². The van der Waals surface area contributed by atoms with Gasteiger partial charge < -0.3 is 25.2 Å². The zero-order valence-corrected chi connectivity index (χ0v) is 20.5. The molecule has 202 valence electrons. The van der Waals surface area contributed by atoms with Gasteiger partial charge in [-0.15, -0.1) is 0 Å². The first kappa shape index (κ1) is 26.2. The number of hydrogen-bond donors (Lipinski definition) is 3. The summed E-state index contributed by atoms with van der Waals surface area (Å²) >= 11 is 0. The monoisotopic (exact) mass is 539 g/mol. The van der Waals surface area contributed by atoms with Gasteiger partial charge in [-0.2, -0.15) is 13.2 Å². The molecule has 2 amide bonds. The molecule has 12 heteroatoms. The minimum atomic E-state index is -4.49. The molecule has 3 N–H and O–H groups in total. The Morgan fingerprint density at radius 1 is 1.26 bits per heavy atom. The van der Waals surface area contributed by atoms with Crippen LogP contribution in [0, 0.1) is 0 Å². The highest BCUT2D eigenvalue weighted by molar-refractivity contribution is 6.04.